The second kappa shape index (κ2) is 2.56. The van der Waals surface area contributed by atoms with Crippen molar-refractivity contribution in [3.63, 3.8) is 0 Å². The van der Waals surface area contributed by atoms with Gasteiger partial charge in [0, 0.05) is 6.54 Å². The van der Waals surface area contributed by atoms with Gasteiger partial charge in [0.05, 0.1) is 0 Å². The fraction of sp³-hybridized carbons (Fsp3) is 0.400. The number of aryl methyl sites for hydroxylation is 1. The zero-order valence-corrected chi connectivity index (χ0v) is 6.89. The molecule has 2 rings (SSSR count). The van der Waals surface area contributed by atoms with E-state index in [-0.39, 0.29) is 6.54 Å². The SMILES string of the molecule is NCC1(F)CCc2ccccc21. The number of hydrogen-bond donors (Lipinski definition) is 1. The fourth-order valence-corrected chi connectivity index (χ4v) is 1.85. The first-order valence-electron chi connectivity index (χ1n) is 4.24. The van der Waals surface area contributed by atoms with Crippen LogP contribution in [0.25, 0.3) is 0 Å². The Labute approximate surface area is 71.4 Å². The van der Waals surface area contributed by atoms with Crippen LogP contribution in [0.2, 0.25) is 0 Å². The highest BCUT2D eigenvalue weighted by Gasteiger charge is 2.36. The molecule has 0 saturated carbocycles. The van der Waals surface area contributed by atoms with Gasteiger partial charge in [-0.2, -0.15) is 0 Å². The van der Waals surface area contributed by atoms with Crippen LogP contribution in [0.4, 0.5) is 4.39 Å². The third-order valence-electron chi connectivity index (χ3n) is 2.61. The van der Waals surface area contributed by atoms with Crippen molar-refractivity contribution < 1.29 is 4.39 Å². The van der Waals surface area contributed by atoms with E-state index in [0.717, 1.165) is 17.5 Å². The van der Waals surface area contributed by atoms with E-state index in [4.69, 9.17) is 5.73 Å². The lowest BCUT2D eigenvalue weighted by atomic mass is 9.98. The van der Waals surface area contributed by atoms with Crippen LogP contribution in [-0.4, -0.2) is 6.54 Å². The van der Waals surface area contributed by atoms with E-state index in [2.05, 4.69) is 0 Å². The first-order valence-corrected chi connectivity index (χ1v) is 4.24. The molecule has 0 spiro atoms. The third kappa shape index (κ3) is 0.950. The summed E-state index contributed by atoms with van der Waals surface area (Å²) in [6.45, 7) is 0.101. The lowest BCUT2D eigenvalue weighted by Crippen LogP contribution is -2.27. The summed E-state index contributed by atoms with van der Waals surface area (Å²) in [5.41, 5.74) is 6.07. The van der Waals surface area contributed by atoms with Gasteiger partial charge in [-0.15, -0.1) is 0 Å². The maximum absolute atomic E-state index is 13.9. The Hall–Kier alpha value is -0.890. The van der Waals surface area contributed by atoms with E-state index in [1.807, 2.05) is 24.3 Å². The van der Waals surface area contributed by atoms with E-state index in [1.54, 1.807) is 0 Å². The van der Waals surface area contributed by atoms with Gasteiger partial charge < -0.3 is 5.73 Å². The zero-order valence-electron chi connectivity index (χ0n) is 6.89. The van der Waals surface area contributed by atoms with Crippen LogP contribution in [-0.2, 0) is 12.1 Å². The quantitative estimate of drug-likeness (QED) is 0.674. The van der Waals surface area contributed by atoms with E-state index in [0.29, 0.717) is 6.42 Å². The van der Waals surface area contributed by atoms with E-state index >= 15 is 0 Å². The molecule has 0 saturated heterocycles. The minimum Gasteiger partial charge on any atom is -0.327 e. The maximum atomic E-state index is 13.9. The number of halogens is 1. The Morgan fingerprint density at radius 3 is 2.92 bits per heavy atom. The highest BCUT2D eigenvalue weighted by Crippen LogP contribution is 2.38. The standard InChI is InChI=1S/C10H12FN/c11-10(7-12)6-5-8-3-1-2-4-9(8)10/h1-4H,5-7,12H2. The van der Waals surface area contributed by atoms with Crippen molar-refractivity contribution in [2.24, 2.45) is 5.73 Å². The Bertz CT molecular complexity index is 298. The van der Waals surface area contributed by atoms with Crippen LogP contribution in [0, 0.1) is 0 Å². The molecule has 64 valence electrons. The van der Waals surface area contributed by atoms with E-state index in [9.17, 15) is 4.39 Å². The first kappa shape index (κ1) is 7.74. The van der Waals surface area contributed by atoms with Gasteiger partial charge in [-0.25, -0.2) is 4.39 Å². The van der Waals surface area contributed by atoms with Gasteiger partial charge in [0.15, 0.2) is 0 Å². The molecule has 0 radical (unpaired) electrons. The first-order chi connectivity index (χ1) is 5.76. The van der Waals surface area contributed by atoms with Gasteiger partial charge >= 0.3 is 0 Å². The summed E-state index contributed by atoms with van der Waals surface area (Å²) in [6.07, 6.45) is 1.37. The largest absolute Gasteiger partial charge is 0.327 e. The molecule has 12 heavy (non-hydrogen) atoms. The summed E-state index contributed by atoms with van der Waals surface area (Å²) in [6, 6.07) is 7.64. The summed E-state index contributed by atoms with van der Waals surface area (Å²) in [5, 5.41) is 0. The molecule has 1 unspecified atom stereocenters. The van der Waals surface area contributed by atoms with E-state index in [1.165, 1.54) is 0 Å². The Kier molecular flexibility index (Phi) is 1.65. The molecule has 1 aliphatic rings. The van der Waals surface area contributed by atoms with Crippen LogP contribution in [0.5, 0.6) is 0 Å². The van der Waals surface area contributed by atoms with E-state index < -0.39 is 5.67 Å². The van der Waals surface area contributed by atoms with Gasteiger partial charge in [-0.3, -0.25) is 0 Å². The van der Waals surface area contributed by atoms with Gasteiger partial charge in [0.25, 0.3) is 0 Å². The molecular formula is C10H12FN. The third-order valence-corrected chi connectivity index (χ3v) is 2.61. The van der Waals surface area contributed by atoms with Crippen LogP contribution in [0.3, 0.4) is 0 Å². The molecule has 0 aliphatic heterocycles. The van der Waals surface area contributed by atoms with Crippen LogP contribution in [0.1, 0.15) is 17.5 Å². The van der Waals surface area contributed by atoms with Crippen LogP contribution in [0.15, 0.2) is 24.3 Å². The van der Waals surface area contributed by atoms with Crippen LogP contribution >= 0.6 is 0 Å². The van der Waals surface area contributed by atoms with Crippen molar-refractivity contribution in [1.29, 1.82) is 0 Å². The molecule has 0 amide bonds. The van der Waals surface area contributed by atoms with Crippen molar-refractivity contribution in [1.82, 2.24) is 0 Å². The number of nitrogens with two attached hydrogens (primary N) is 1. The average molecular weight is 165 g/mol. The normalized spacial score (nSPS) is 27.2. The molecule has 1 atom stereocenters. The van der Waals surface area contributed by atoms with Gasteiger partial charge in [0.2, 0.25) is 0 Å². The Morgan fingerprint density at radius 1 is 1.42 bits per heavy atom. The summed E-state index contributed by atoms with van der Waals surface area (Å²) in [5.74, 6) is 0. The molecule has 0 fully saturated rings. The van der Waals surface area contributed by atoms with Gasteiger partial charge in [0.1, 0.15) is 5.67 Å². The molecule has 1 aromatic carbocycles. The second-order valence-corrected chi connectivity index (χ2v) is 3.33. The molecule has 0 aromatic heterocycles. The minimum atomic E-state index is -1.25. The lowest BCUT2D eigenvalue weighted by molar-refractivity contribution is 0.177. The average Bonchev–Trinajstić information content (AvgIpc) is 2.46. The molecule has 1 aromatic rings. The van der Waals surface area contributed by atoms with Gasteiger partial charge in [-0.05, 0) is 24.0 Å². The van der Waals surface area contributed by atoms with Crippen LogP contribution < -0.4 is 5.73 Å². The van der Waals surface area contributed by atoms with Crippen molar-refractivity contribution in [3.05, 3.63) is 35.4 Å². The number of alkyl halides is 1. The second-order valence-electron chi connectivity index (χ2n) is 3.33. The highest BCUT2D eigenvalue weighted by atomic mass is 19.1. The summed E-state index contributed by atoms with van der Waals surface area (Å²) in [7, 11) is 0. The number of rotatable bonds is 1. The number of hydrogen-bond acceptors (Lipinski definition) is 1. The van der Waals surface area contributed by atoms with Crippen molar-refractivity contribution >= 4 is 0 Å². The predicted octanol–water partition coefficient (Wildman–Crippen LogP) is 1.76. The minimum absolute atomic E-state index is 0.101. The molecule has 2 heteroatoms. The predicted molar refractivity (Wildman–Crippen MR) is 46.6 cm³/mol. The smallest absolute Gasteiger partial charge is 0.148 e. The summed E-state index contributed by atoms with van der Waals surface area (Å²) < 4.78 is 13.9. The molecule has 0 bridgehead atoms. The molecule has 1 nitrogen and oxygen atoms in total. The fourth-order valence-electron chi connectivity index (χ4n) is 1.85. The molecule has 1 aliphatic carbocycles. The van der Waals surface area contributed by atoms with Gasteiger partial charge in [-0.1, -0.05) is 24.3 Å². The zero-order chi connectivity index (χ0) is 8.60. The Balaban J connectivity index is 2.49. The molecular weight excluding hydrogens is 153 g/mol. The Morgan fingerprint density at radius 2 is 2.17 bits per heavy atom. The van der Waals surface area contributed by atoms with Crippen molar-refractivity contribution in [2.45, 2.75) is 18.5 Å². The highest BCUT2D eigenvalue weighted by molar-refractivity contribution is 5.37. The topological polar surface area (TPSA) is 26.0 Å². The molecule has 0 heterocycles. The van der Waals surface area contributed by atoms with Crippen molar-refractivity contribution in [2.75, 3.05) is 6.54 Å². The van der Waals surface area contributed by atoms with Crippen molar-refractivity contribution in [3.8, 4) is 0 Å². The monoisotopic (exact) mass is 165 g/mol. The number of benzene rings is 1. The maximum Gasteiger partial charge on any atom is 0.148 e. The molecule has 2 N–H and O–H groups in total. The lowest BCUT2D eigenvalue weighted by Gasteiger charge is -2.17. The summed E-state index contributed by atoms with van der Waals surface area (Å²) in [4.78, 5) is 0. The summed E-state index contributed by atoms with van der Waals surface area (Å²) >= 11 is 0. The number of fused-ring (bicyclic) bond motifs is 1.